The number of fused-ring (bicyclic) bond motifs is 1. The highest BCUT2D eigenvalue weighted by Crippen LogP contribution is 2.28. The van der Waals surface area contributed by atoms with Gasteiger partial charge in [0.05, 0.1) is 18.2 Å². The van der Waals surface area contributed by atoms with Crippen LogP contribution < -0.4 is 10.3 Å². The average Bonchev–Trinajstić information content (AvgIpc) is 2.48. The smallest absolute Gasteiger partial charge is 0.275 e. The van der Waals surface area contributed by atoms with Crippen molar-refractivity contribution in [1.29, 1.82) is 0 Å². The Kier molecular flexibility index (Phi) is 2.72. The van der Waals surface area contributed by atoms with Crippen molar-refractivity contribution in [1.82, 2.24) is 15.2 Å². The van der Waals surface area contributed by atoms with E-state index in [1.54, 1.807) is 25.6 Å². The Balaban J connectivity index is 2.40. The van der Waals surface area contributed by atoms with Crippen LogP contribution in [0.25, 0.3) is 22.0 Å². The second kappa shape index (κ2) is 4.53. The summed E-state index contributed by atoms with van der Waals surface area (Å²) in [4.78, 5) is 15.9. The van der Waals surface area contributed by atoms with Crippen molar-refractivity contribution in [3.63, 3.8) is 0 Å². The van der Waals surface area contributed by atoms with Crippen molar-refractivity contribution in [2.45, 2.75) is 0 Å². The number of pyridine rings is 1. The number of methoxy groups -OCH3 is 1. The topological polar surface area (TPSA) is 67.9 Å². The summed E-state index contributed by atoms with van der Waals surface area (Å²) >= 11 is 0. The highest BCUT2D eigenvalue weighted by molar-refractivity contribution is 5.97. The van der Waals surface area contributed by atoms with Crippen molar-refractivity contribution < 1.29 is 4.74 Å². The Bertz CT molecular complexity index is 782. The Morgan fingerprint density at radius 2 is 1.95 bits per heavy atom. The molecule has 5 heteroatoms. The fourth-order valence-corrected chi connectivity index (χ4v) is 2.09. The van der Waals surface area contributed by atoms with Crippen LogP contribution >= 0.6 is 0 Å². The average molecular weight is 253 g/mol. The number of hydrogen-bond donors (Lipinski definition) is 1. The van der Waals surface area contributed by atoms with Gasteiger partial charge in [-0.2, -0.15) is 5.10 Å². The second-order valence-corrected chi connectivity index (χ2v) is 4.02. The summed E-state index contributed by atoms with van der Waals surface area (Å²) in [6.07, 6.45) is 3.38. The minimum absolute atomic E-state index is 0.259. The molecular weight excluding hydrogens is 242 g/mol. The third kappa shape index (κ3) is 1.85. The van der Waals surface area contributed by atoms with Gasteiger partial charge in [0.15, 0.2) is 0 Å². The van der Waals surface area contributed by atoms with Gasteiger partial charge in [-0.3, -0.25) is 9.78 Å². The molecule has 0 bridgehead atoms. The van der Waals surface area contributed by atoms with E-state index in [-0.39, 0.29) is 5.56 Å². The van der Waals surface area contributed by atoms with E-state index in [1.807, 2.05) is 24.3 Å². The third-order valence-corrected chi connectivity index (χ3v) is 2.95. The maximum atomic E-state index is 11.9. The van der Waals surface area contributed by atoms with E-state index in [9.17, 15) is 4.79 Å². The number of benzene rings is 1. The van der Waals surface area contributed by atoms with Gasteiger partial charge in [-0.15, -0.1) is 0 Å². The van der Waals surface area contributed by atoms with Gasteiger partial charge in [0.25, 0.3) is 5.56 Å². The minimum atomic E-state index is -0.259. The van der Waals surface area contributed by atoms with E-state index in [0.717, 1.165) is 10.9 Å². The van der Waals surface area contributed by atoms with Crippen LogP contribution in [0.1, 0.15) is 0 Å². The summed E-state index contributed by atoms with van der Waals surface area (Å²) in [7, 11) is 1.54. The molecule has 0 aliphatic heterocycles. The number of aromatic nitrogens is 3. The van der Waals surface area contributed by atoms with Gasteiger partial charge in [-0.25, -0.2) is 5.10 Å². The molecule has 0 saturated carbocycles. The quantitative estimate of drug-likeness (QED) is 0.758. The summed E-state index contributed by atoms with van der Waals surface area (Å²) in [6, 6.07) is 9.15. The van der Waals surface area contributed by atoms with Crippen LogP contribution in [0, 0.1) is 0 Å². The lowest BCUT2D eigenvalue weighted by molar-refractivity contribution is 0.419. The van der Waals surface area contributed by atoms with Gasteiger partial charge >= 0.3 is 0 Å². The van der Waals surface area contributed by atoms with Gasteiger partial charge in [0, 0.05) is 23.3 Å². The van der Waals surface area contributed by atoms with E-state index in [0.29, 0.717) is 16.8 Å². The third-order valence-electron chi connectivity index (χ3n) is 2.95. The molecule has 2 heterocycles. The molecule has 0 fully saturated rings. The standard InChI is InChI=1S/C14H11N3O2/c1-19-11-4-2-3-10-12(11)14(18)17-16-13(10)9-5-7-15-8-6-9/h2-8H,1H3,(H,17,18). The molecule has 0 spiro atoms. The number of rotatable bonds is 2. The predicted molar refractivity (Wildman–Crippen MR) is 72.1 cm³/mol. The molecular formula is C14H11N3O2. The zero-order valence-electron chi connectivity index (χ0n) is 10.3. The lowest BCUT2D eigenvalue weighted by Crippen LogP contribution is -2.10. The summed E-state index contributed by atoms with van der Waals surface area (Å²) in [5.41, 5.74) is 1.34. The Hall–Kier alpha value is -2.69. The maximum Gasteiger partial charge on any atom is 0.275 e. The van der Waals surface area contributed by atoms with Crippen LogP contribution in [0.5, 0.6) is 5.75 Å². The molecule has 0 saturated heterocycles. The molecule has 0 radical (unpaired) electrons. The van der Waals surface area contributed by atoms with Crippen LogP contribution in [0.3, 0.4) is 0 Å². The van der Waals surface area contributed by atoms with Gasteiger partial charge < -0.3 is 4.74 Å². The molecule has 0 amide bonds. The Morgan fingerprint density at radius 1 is 1.16 bits per heavy atom. The number of nitrogens with one attached hydrogen (secondary N) is 1. The zero-order chi connectivity index (χ0) is 13.2. The first kappa shape index (κ1) is 11.4. The van der Waals surface area contributed by atoms with Crippen molar-refractivity contribution in [3.05, 3.63) is 53.1 Å². The molecule has 0 atom stereocenters. The van der Waals surface area contributed by atoms with Crippen LogP contribution in [0.2, 0.25) is 0 Å². The summed E-state index contributed by atoms with van der Waals surface area (Å²) in [5.74, 6) is 0.538. The predicted octanol–water partition coefficient (Wildman–Crippen LogP) is 1.99. The van der Waals surface area contributed by atoms with Gasteiger partial charge in [-0.05, 0) is 18.2 Å². The molecule has 3 aromatic rings. The number of H-pyrrole nitrogens is 1. The van der Waals surface area contributed by atoms with E-state index in [4.69, 9.17) is 4.74 Å². The second-order valence-electron chi connectivity index (χ2n) is 4.02. The number of aromatic amines is 1. The Labute approximate surface area is 108 Å². The first-order valence-corrected chi connectivity index (χ1v) is 5.77. The summed E-state index contributed by atoms with van der Waals surface area (Å²) in [6.45, 7) is 0. The highest BCUT2D eigenvalue weighted by Gasteiger charge is 2.11. The first-order valence-electron chi connectivity index (χ1n) is 5.77. The number of ether oxygens (including phenoxy) is 1. The van der Waals surface area contributed by atoms with E-state index in [1.165, 1.54) is 0 Å². The summed E-state index contributed by atoms with van der Waals surface area (Å²) < 4.78 is 5.24. The lowest BCUT2D eigenvalue weighted by atomic mass is 10.1. The molecule has 5 nitrogen and oxygen atoms in total. The van der Waals surface area contributed by atoms with Crippen LogP contribution in [-0.2, 0) is 0 Å². The van der Waals surface area contributed by atoms with Crippen molar-refractivity contribution in [3.8, 4) is 17.0 Å². The van der Waals surface area contributed by atoms with Gasteiger partial charge in [-0.1, -0.05) is 12.1 Å². The van der Waals surface area contributed by atoms with Crippen molar-refractivity contribution in [2.24, 2.45) is 0 Å². The molecule has 1 N–H and O–H groups in total. The molecule has 0 aliphatic carbocycles. The molecule has 0 unspecified atom stereocenters. The van der Waals surface area contributed by atoms with Crippen LogP contribution in [0.4, 0.5) is 0 Å². The normalized spacial score (nSPS) is 10.6. The molecule has 19 heavy (non-hydrogen) atoms. The highest BCUT2D eigenvalue weighted by atomic mass is 16.5. The van der Waals surface area contributed by atoms with Crippen LogP contribution in [0.15, 0.2) is 47.5 Å². The van der Waals surface area contributed by atoms with Crippen molar-refractivity contribution in [2.75, 3.05) is 7.11 Å². The van der Waals surface area contributed by atoms with E-state index >= 15 is 0 Å². The SMILES string of the molecule is COc1cccc2c(-c3ccncc3)n[nH]c(=O)c12. The van der Waals surface area contributed by atoms with E-state index in [2.05, 4.69) is 15.2 Å². The van der Waals surface area contributed by atoms with Crippen molar-refractivity contribution >= 4 is 10.8 Å². The fourth-order valence-electron chi connectivity index (χ4n) is 2.09. The molecule has 2 aromatic heterocycles. The molecule has 94 valence electrons. The summed E-state index contributed by atoms with van der Waals surface area (Å²) in [5, 5.41) is 7.91. The molecule has 0 aliphatic rings. The Morgan fingerprint density at radius 3 is 2.68 bits per heavy atom. The van der Waals surface area contributed by atoms with E-state index < -0.39 is 0 Å². The van der Waals surface area contributed by atoms with Crippen LogP contribution in [-0.4, -0.2) is 22.3 Å². The zero-order valence-corrected chi connectivity index (χ0v) is 10.3. The fraction of sp³-hybridized carbons (Fsp3) is 0.0714. The first-order chi connectivity index (χ1) is 9.31. The molecule has 3 rings (SSSR count). The van der Waals surface area contributed by atoms with Gasteiger partial charge in [0.2, 0.25) is 0 Å². The maximum absolute atomic E-state index is 11.9. The number of nitrogens with zero attached hydrogens (tertiary/aromatic N) is 2. The number of hydrogen-bond acceptors (Lipinski definition) is 4. The largest absolute Gasteiger partial charge is 0.496 e. The monoisotopic (exact) mass is 253 g/mol. The lowest BCUT2D eigenvalue weighted by Gasteiger charge is -2.07. The minimum Gasteiger partial charge on any atom is -0.496 e. The van der Waals surface area contributed by atoms with Gasteiger partial charge in [0.1, 0.15) is 5.75 Å². The molecule has 1 aromatic carbocycles.